The highest BCUT2D eigenvalue weighted by atomic mass is 19.1. The molecule has 2 nitrogen and oxygen atoms in total. The van der Waals surface area contributed by atoms with Gasteiger partial charge in [-0.25, -0.2) is 4.39 Å². The molecule has 0 radical (unpaired) electrons. The summed E-state index contributed by atoms with van der Waals surface area (Å²) in [4.78, 5) is 0. The molecule has 2 aromatic carbocycles. The van der Waals surface area contributed by atoms with Gasteiger partial charge >= 0.3 is 0 Å². The summed E-state index contributed by atoms with van der Waals surface area (Å²) >= 11 is 0. The minimum atomic E-state index is -0.386. The highest BCUT2D eigenvalue weighted by Gasteiger charge is 2.33. The van der Waals surface area contributed by atoms with Crippen molar-refractivity contribution < 1.29 is 9.50 Å². The third-order valence-corrected chi connectivity index (χ3v) is 5.00. The molecule has 0 aromatic heterocycles. The zero-order valence-corrected chi connectivity index (χ0v) is 12.4. The monoisotopic (exact) mass is 297 g/mol. The van der Waals surface area contributed by atoms with Crippen LogP contribution in [0.25, 0.3) is 0 Å². The molecule has 0 bridgehead atoms. The van der Waals surface area contributed by atoms with Crippen LogP contribution in [-0.4, -0.2) is 11.2 Å². The molecule has 3 unspecified atom stereocenters. The average molecular weight is 297 g/mol. The Morgan fingerprint density at radius 2 is 1.91 bits per heavy atom. The van der Waals surface area contributed by atoms with E-state index in [1.165, 1.54) is 22.8 Å². The third kappa shape index (κ3) is 2.34. The van der Waals surface area contributed by atoms with Gasteiger partial charge in [-0.2, -0.15) is 0 Å². The Labute approximate surface area is 130 Å². The fraction of sp³-hybridized carbons (Fsp3) is 0.368. The molecule has 2 aromatic rings. The van der Waals surface area contributed by atoms with E-state index in [1.54, 1.807) is 6.07 Å². The SMILES string of the molecule is OC1Cc2ccccc2C1NC1CCCc2cc(F)ccc21. The van der Waals surface area contributed by atoms with E-state index in [0.29, 0.717) is 6.42 Å². The van der Waals surface area contributed by atoms with Gasteiger partial charge in [-0.3, -0.25) is 0 Å². The van der Waals surface area contributed by atoms with Crippen LogP contribution >= 0.6 is 0 Å². The molecule has 114 valence electrons. The summed E-state index contributed by atoms with van der Waals surface area (Å²) < 4.78 is 13.4. The standard InChI is InChI=1S/C19H20FNO/c20-14-8-9-15-12(10-14)5-3-7-17(15)21-19-16-6-2-1-4-13(16)11-18(19)22/h1-2,4,6,8-10,17-19,21-22H,3,5,7,11H2. The molecule has 0 fully saturated rings. The van der Waals surface area contributed by atoms with Gasteiger partial charge in [0.2, 0.25) is 0 Å². The first-order valence-electron chi connectivity index (χ1n) is 8.02. The van der Waals surface area contributed by atoms with E-state index in [4.69, 9.17) is 0 Å². The molecule has 0 saturated heterocycles. The minimum Gasteiger partial charge on any atom is -0.391 e. The molecule has 3 atom stereocenters. The Morgan fingerprint density at radius 3 is 2.82 bits per heavy atom. The lowest BCUT2D eigenvalue weighted by molar-refractivity contribution is 0.132. The summed E-state index contributed by atoms with van der Waals surface area (Å²) in [6, 6.07) is 13.5. The summed E-state index contributed by atoms with van der Waals surface area (Å²) in [7, 11) is 0. The van der Waals surface area contributed by atoms with E-state index in [0.717, 1.165) is 24.8 Å². The summed E-state index contributed by atoms with van der Waals surface area (Å²) in [5.74, 6) is -0.161. The quantitative estimate of drug-likeness (QED) is 0.890. The second kappa shape index (κ2) is 5.49. The predicted octanol–water partition coefficient (Wildman–Crippen LogP) is 3.45. The van der Waals surface area contributed by atoms with Crippen LogP contribution in [0.15, 0.2) is 42.5 Å². The number of aryl methyl sites for hydroxylation is 1. The lowest BCUT2D eigenvalue weighted by atomic mass is 9.87. The maximum absolute atomic E-state index is 13.4. The summed E-state index contributed by atoms with van der Waals surface area (Å²) in [5, 5.41) is 14.0. The van der Waals surface area contributed by atoms with E-state index >= 15 is 0 Å². The Morgan fingerprint density at radius 1 is 1.05 bits per heavy atom. The van der Waals surface area contributed by atoms with Gasteiger partial charge in [0.25, 0.3) is 0 Å². The molecule has 2 N–H and O–H groups in total. The van der Waals surface area contributed by atoms with Gasteiger partial charge in [0.1, 0.15) is 5.82 Å². The number of benzene rings is 2. The van der Waals surface area contributed by atoms with Crippen molar-refractivity contribution >= 4 is 0 Å². The first kappa shape index (κ1) is 13.9. The molecule has 2 aliphatic carbocycles. The van der Waals surface area contributed by atoms with Crippen LogP contribution in [0, 0.1) is 5.82 Å². The highest BCUT2D eigenvalue weighted by Crippen LogP contribution is 2.37. The first-order valence-corrected chi connectivity index (χ1v) is 8.02. The number of aliphatic hydroxyl groups excluding tert-OH is 1. The lowest BCUT2D eigenvalue weighted by Gasteiger charge is -2.30. The van der Waals surface area contributed by atoms with Crippen LogP contribution in [0.4, 0.5) is 4.39 Å². The number of rotatable bonds is 2. The lowest BCUT2D eigenvalue weighted by Crippen LogP contribution is -2.34. The normalized spacial score (nSPS) is 26.5. The van der Waals surface area contributed by atoms with E-state index in [9.17, 15) is 9.50 Å². The topological polar surface area (TPSA) is 32.3 Å². The van der Waals surface area contributed by atoms with Crippen molar-refractivity contribution in [3.05, 3.63) is 70.5 Å². The number of hydrogen-bond acceptors (Lipinski definition) is 2. The van der Waals surface area contributed by atoms with Crippen molar-refractivity contribution in [2.75, 3.05) is 0 Å². The summed E-state index contributed by atoms with van der Waals surface area (Å²) in [6.07, 6.45) is 3.34. The molecular weight excluding hydrogens is 277 g/mol. The van der Waals surface area contributed by atoms with E-state index in [1.807, 2.05) is 18.2 Å². The van der Waals surface area contributed by atoms with Crippen LogP contribution in [0.1, 0.15) is 47.2 Å². The van der Waals surface area contributed by atoms with E-state index in [2.05, 4.69) is 17.4 Å². The molecule has 0 amide bonds. The number of halogens is 1. The largest absolute Gasteiger partial charge is 0.391 e. The minimum absolute atomic E-state index is 0.0304. The molecular formula is C19H20FNO. The Hall–Kier alpha value is -1.71. The first-order chi connectivity index (χ1) is 10.7. The summed E-state index contributed by atoms with van der Waals surface area (Å²) in [6.45, 7) is 0. The Balaban J connectivity index is 1.63. The van der Waals surface area contributed by atoms with Crippen molar-refractivity contribution in [2.24, 2.45) is 0 Å². The molecule has 0 spiro atoms. The van der Waals surface area contributed by atoms with Gasteiger partial charge < -0.3 is 10.4 Å². The zero-order chi connectivity index (χ0) is 15.1. The van der Waals surface area contributed by atoms with Crippen LogP contribution < -0.4 is 5.32 Å². The van der Waals surface area contributed by atoms with Gasteiger partial charge in [-0.15, -0.1) is 0 Å². The number of aliphatic hydroxyl groups is 1. The van der Waals surface area contributed by atoms with E-state index in [-0.39, 0.29) is 24.0 Å². The second-order valence-corrected chi connectivity index (χ2v) is 6.40. The van der Waals surface area contributed by atoms with Crippen molar-refractivity contribution in [1.82, 2.24) is 5.32 Å². The van der Waals surface area contributed by atoms with Gasteiger partial charge in [0.05, 0.1) is 12.1 Å². The van der Waals surface area contributed by atoms with Crippen LogP contribution in [0.2, 0.25) is 0 Å². The van der Waals surface area contributed by atoms with Gasteiger partial charge in [-0.05, 0) is 53.6 Å². The van der Waals surface area contributed by atoms with Crippen molar-refractivity contribution in [2.45, 2.75) is 43.9 Å². The number of nitrogens with one attached hydrogen (secondary N) is 1. The summed E-state index contributed by atoms with van der Waals surface area (Å²) in [5.41, 5.74) is 4.71. The second-order valence-electron chi connectivity index (χ2n) is 6.40. The molecule has 0 saturated carbocycles. The molecule has 22 heavy (non-hydrogen) atoms. The fourth-order valence-electron chi connectivity index (χ4n) is 3.95. The van der Waals surface area contributed by atoms with Crippen LogP contribution in [-0.2, 0) is 12.8 Å². The molecule has 0 aliphatic heterocycles. The maximum Gasteiger partial charge on any atom is 0.123 e. The number of hydrogen-bond donors (Lipinski definition) is 2. The molecule has 3 heteroatoms. The van der Waals surface area contributed by atoms with E-state index < -0.39 is 0 Å². The zero-order valence-electron chi connectivity index (χ0n) is 12.4. The average Bonchev–Trinajstić information content (AvgIpc) is 2.83. The molecule has 4 rings (SSSR count). The van der Waals surface area contributed by atoms with Crippen molar-refractivity contribution in [3.63, 3.8) is 0 Å². The Bertz CT molecular complexity index is 700. The maximum atomic E-state index is 13.4. The third-order valence-electron chi connectivity index (χ3n) is 5.00. The smallest absolute Gasteiger partial charge is 0.123 e. The van der Waals surface area contributed by atoms with Gasteiger partial charge in [0.15, 0.2) is 0 Å². The fourth-order valence-corrected chi connectivity index (χ4v) is 3.95. The highest BCUT2D eigenvalue weighted by molar-refractivity contribution is 5.38. The number of fused-ring (bicyclic) bond motifs is 2. The van der Waals surface area contributed by atoms with Crippen LogP contribution in [0.5, 0.6) is 0 Å². The Kier molecular flexibility index (Phi) is 3.47. The predicted molar refractivity (Wildman–Crippen MR) is 84.1 cm³/mol. The molecule has 2 aliphatic rings. The van der Waals surface area contributed by atoms with Crippen LogP contribution in [0.3, 0.4) is 0 Å². The van der Waals surface area contributed by atoms with Crippen molar-refractivity contribution in [1.29, 1.82) is 0 Å². The molecule has 0 heterocycles. The van der Waals surface area contributed by atoms with Crippen molar-refractivity contribution in [3.8, 4) is 0 Å². The van der Waals surface area contributed by atoms with Gasteiger partial charge in [0, 0.05) is 12.5 Å². The van der Waals surface area contributed by atoms with Gasteiger partial charge in [-0.1, -0.05) is 30.3 Å².